The highest BCUT2D eigenvalue weighted by Gasteiger charge is 2.20. The van der Waals surface area contributed by atoms with Crippen molar-refractivity contribution < 1.29 is 8.42 Å². The minimum atomic E-state index is -3.56. The average Bonchev–Trinajstić information content (AvgIpc) is 2.27. The predicted molar refractivity (Wildman–Crippen MR) is 74.0 cm³/mol. The number of nitrogens with one attached hydrogen (secondary N) is 1. The normalized spacial score (nSPS) is 13.6. The fourth-order valence-corrected chi connectivity index (χ4v) is 3.55. The van der Waals surface area contributed by atoms with Gasteiger partial charge in [-0.1, -0.05) is 31.0 Å². The zero-order valence-corrected chi connectivity index (χ0v) is 12.2. The van der Waals surface area contributed by atoms with Crippen LogP contribution in [-0.2, 0) is 16.6 Å². The zero-order valence-electron chi connectivity index (χ0n) is 10.6. The van der Waals surface area contributed by atoms with Gasteiger partial charge in [0.2, 0.25) is 10.0 Å². The number of benzene rings is 1. The minimum absolute atomic E-state index is 0.101. The Balaban J connectivity index is 2.98. The van der Waals surface area contributed by atoms with Gasteiger partial charge in [0, 0.05) is 12.6 Å². The molecule has 0 bridgehead atoms. The summed E-state index contributed by atoms with van der Waals surface area (Å²) in [5.74, 6) is 0. The number of halogens is 1. The van der Waals surface area contributed by atoms with Crippen LogP contribution in [0.1, 0.15) is 32.3 Å². The lowest BCUT2D eigenvalue weighted by molar-refractivity contribution is 0.544. The molecule has 0 radical (unpaired) electrons. The molecule has 0 saturated heterocycles. The third-order valence-electron chi connectivity index (χ3n) is 2.60. The van der Waals surface area contributed by atoms with Crippen LogP contribution in [0.5, 0.6) is 0 Å². The molecule has 1 rings (SSSR count). The minimum Gasteiger partial charge on any atom is -0.326 e. The molecule has 0 aliphatic rings. The summed E-state index contributed by atoms with van der Waals surface area (Å²) in [6.07, 6.45) is 1.71. The van der Waals surface area contributed by atoms with Gasteiger partial charge < -0.3 is 5.73 Å². The van der Waals surface area contributed by atoms with E-state index in [1.165, 1.54) is 6.07 Å². The predicted octanol–water partition coefficient (Wildman–Crippen LogP) is 2.27. The van der Waals surface area contributed by atoms with Gasteiger partial charge in [-0.2, -0.15) is 0 Å². The maximum atomic E-state index is 12.1. The molecule has 0 aliphatic heterocycles. The molecule has 1 aromatic carbocycles. The molecule has 0 aliphatic carbocycles. The van der Waals surface area contributed by atoms with Crippen LogP contribution in [0.4, 0.5) is 0 Å². The second-order valence-electron chi connectivity index (χ2n) is 4.28. The zero-order chi connectivity index (χ0) is 13.8. The van der Waals surface area contributed by atoms with Crippen LogP contribution in [0.25, 0.3) is 0 Å². The molecule has 0 spiro atoms. The molecule has 0 saturated carbocycles. The first-order valence-electron chi connectivity index (χ1n) is 5.91. The summed E-state index contributed by atoms with van der Waals surface area (Å²) < 4.78 is 26.8. The molecule has 4 nitrogen and oxygen atoms in total. The van der Waals surface area contributed by atoms with E-state index in [-0.39, 0.29) is 16.0 Å². The fraction of sp³-hybridized carbons (Fsp3) is 0.500. The van der Waals surface area contributed by atoms with Crippen LogP contribution in [0, 0.1) is 0 Å². The lowest BCUT2D eigenvalue weighted by atomic mass is 10.2. The Morgan fingerprint density at radius 2 is 2.11 bits per heavy atom. The van der Waals surface area contributed by atoms with E-state index in [1.807, 2.05) is 13.8 Å². The molecule has 102 valence electrons. The van der Waals surface area contributed by atoms with Crippen molar-refractivity contribution in [3.63, 3.8) is 0 Å². The van der Waals surface area contributed by atoms with E-state index < -0.39 is 10.0 Å². The van der Waals surface area contributed by atoms with Crippen molar-refractivity contribution in [1.82, 2.24) is 4.72 Å². The average molecular weight is 291 g/mol. The summed E-state index contributed by atoms with van der Waals surface area (Å²) in [6, 6.07) is 4.64. The van der Waals surface area contributed by atoms with Crippen molar-refractivity contribution in [2.75, 3.05) is 0 Å². The molecular formula is C12H19ClN2O2S. The van der Waals surface area contributed by atoms with Gasteiger partial charge in [-0.15, -0.1) is 0 Å². The molecule has 1 unspecified atom stereocenters. The Hall–Kier alpha value is -0.620. The summed E-state index contributed by atoms with van der Waals surface area (Å²) in [6.45, 7) is 4.18. The van der Waals surface area contributed by atoms with Gasteiger partial charge in [0.25, 0.3) is 0 Å². The molecule has 6 heteroatoms. The maximum absolute atomic E-state index is 12.1. The van der Waals surface area contributed by atoms with Crippen molar-refractivity contribution in [3.05, 3.63) is 28.8 Å². The second-order valence-corrected chi connectivity index (χ2v) is 6.37. The first-order valence-corrected chi connectivity index (χ1v) is 7.77. The third kappa shape index (κ3) is 3.95. The van der Waals surface area contributed by atoms with Crippen molar-refractivity contribution in [1.29, 1.82) is 0 Å². The Morgan fingerprint density at radius 3 is 2.61 bits per heavy atom. The first-order chi connectivity index (χ1) is 8.40. The summed E-state index contributed by atoms with van der Waals surface area (Å²) >= 11 is 5.98. The fourth-order valence-electron chi connectivity index (χ4n) is 1.71. The molecule has 18 heavy (non-hydrogen) atoms. The number of sulfonamides is 1. The molecule has 1 aromatic rings. The Morgan fingerprint density at radius 1 is 1.44 bits per heavy atom. The summed E-state index contributed by atoms with van der Waals surface area (Å²) in [7, 11) is -3.56. The van der Waals surface area contributed by atoms with Crippen molar-refractivity contribution >= 4 is 21.6 Å². The van der Waals surface area contributed by atoms with Crippen LogP contribution in [-0.4, -0.2) is 14.5 Å². The van der Waals surface area contributed by atoms with Crippen LogP contribution in [0.2, 0.25) is 5.02 Å². The first kappa shape index (κ1) is 15.4. The lowest BCUT2D eigenvalue weighted by Gasteiger charge is -2.14. The van der Waals surface area contributed by atoms with E-state index in [2.05, 4.69) is 4.72 Å². The van der Waals surface area contributed by atoms with Gasteiger partial charge >= 0.3 is 0 Å². The number of rotatable bonds is 6. The van der Waals surface area contributed by atoms with E-state index in [0.29, 0.717) is 6.54 Å². The van der Waals surface area contributed by atoms with E-state index >= 15 is 0 Å². The van der Waals surface area contributed by atoms with Gasteiger partial charge in [0.1, 0.15) is 4.90 Å². The molecule has 0 fully saturated rings. The molecule has 1 atom stereocenters. The Kier molecular flexibility index (Phi) is 5.59. The SMILES string of the molecule is CCCC(C)NS(=O)(=O)c1ccc(CN)cc1Cl. The quantitative estimate of drug-likeness (QED) is 0.844. The van der Waals surface area contributed by atoms with Crippen molar-refractivity contribution in [2.45, 2.75) is 44.2 Å². The van der Waals surface area contributed by atoms with Crippen LogP contribution >= 0.6 is 11.6 Å². The van der Waals surface area contributed by atoms with Gasteiger partial charge in [-0.25, -0.2) is 13.1 Å². The van der Waals surface area contributed by atoms with E-state index in [1.54, 1.807) is 12.1 Å². The van der Waals surface area contributed by atoms with Crippen LogP contribution < -0.4 is 10.5 Å². The number of hydrogen-bond acceptors (Lipinski definition) is 3. The summed E-state index contributed by atoms with van der Waals surface area (Å²) in [4.78, 5) is 0.101. The Labute approximate surface area is 114 Å². The van der Waals surface area contributed by atoms with Crippen LogP contribution in [0.3, 0.4) is 0 Å². The van der Waals surface area contributed by atoms with E-state index in [4.69, 9.17) is 17.3 Å². The van der Waals surface area contributed by atoms with E-state index in [0.717, 1.165) is 18.4 Å². The third-order valence-corrected chi connectivity index (χ3v) is 4.67. The topological polar surface area (TPSA) is 72.2 Å². The highest BCUT2D eigenvalue weighted by Crippen LogP contribution is 2.23. The largest absolute Gasteiger partial charge is 0.326 e. The molecule has 0 amide bonds. The summed E-state index contributed by atoms with van der Waals surface area (Å²) in [5.41, 5.74) is 6.28. The second kappa shape index (κ2) is 6.52. The number of nitrogens with two attached hydrogens (primary N) is 1. The molecule has 3 N–H and O–H groups in total. The van der Waals surface area contributed by atoms with Gasteiger partial charge in [-0.05, 0) is 31.0 Å². The molecule has 0 heterocycles. The monoisotopic (exact) mass is 290 g/mol. The summed E-state index contributed by atoms with van der Waals surface area (Å²) in [5, 5.41) is 0.203. The van der Waals surface area contributed by atoms with Gasteiger partial charge in [0.05, 0.1) is 5.02 Å². The smallest absolute Gasteiger partial charge is 0.242 e. The van der Waals surface area contributed by atoms with Gasteiger partial charge in [-0.3, -0.25) is 0 Å². The molecular weight excluding hydrogens is 272 g/mol. The highest BCUT2D eigenvalue weighted by molar-refractivity contribution is 7.89. The van der Waals surface area contributed by atoms with E-state index in [9.17, 15) is 8.42 Å². The Bertz CT molecular complexity index is 503. The van der Waals surface area contributed by atoms with Crippen molar-refractivity contribution in [2.24, 2.45) is 5.73 Å². The standard InChI is InChI=1S/C12H19ClN2O2S/c1-3-4-9(2)15-18(16,17)12-6-5-10(8-14)7-11(12)13/h5-7,9,15H,3-4,8,14H2,1-2H3. The maximum Gasteiger partial charge on any atom is 0.242 e. The number of hydrogen-bond donors (Lipinski definition) is 2. The van der Waals surface area contributed by atoms with Crippen molar-refractivity contribution in [3.8, 4) is 0 Å². The van der Waals surface area contributed by atoms with Crippen LogP contribution in [0.15, 0.2) is 23.1 Å². The van der Waals surface area contributed by atoms with Gasteiger partial charge in [0.15, 0.2) is 0 Å². The molecule has 0 aromatic heterocycles. The lowest BCUT2D eigenvalue weighted by Crippen LogP contribution is -2.32. The highest BCUT2D eigenvalue weighted by atomic mass is 35.5.